The Bertz CT molecular complexity index is 537. The first-order valence-electron chi connectivity index (χ1n) is 6.38. The van der Waals surface area contributed by atoms with E-state index in [-0.39, 0.29) is 17.1 Å². The maximum absolute atomic E-state index is 11.8. The topological polar surface area (TPSA) is 37.4 Å². The number of alkyl halides is 1. The highest BCUT2D eigenvalue weighted by Crippen LogP contribution is 2.40. The van der Waals surface area contributed by atoms with E-state index in [1.165, 1.54) is 0 Å². The molecule has 1 aliphatic heterocycles. The number of ketones is 1. The highest BCUT2D eigenvalue weighted by molar-refractivity contribution is 9.09. The first-order chi connectivity index (χ1) is 8.86. The van der Waals surface area contributed by atoms with Crippen LogP contribution in [-0.4, -0.2) is 23.6 Å². The molecule has 1 heterocycles. The molecule has 0 N–H and O–H groups in total. The number of nitrogens with zero attached hydrogens (tertiary/aromatic N) is 1. The van der Waals surface area contributed by atoms with Crippen LogP contribution in [0.5, 0.6) is 0 Å². The number of rotatable bonds is 2. The summed E-state index contributed by atoms with van der Waals surface area (Å²) in [6.07, 6.45) is 0.908. The van der Waals surface area contributed by atoms with Gasteiger partial charge in [-0.15, -0.1) is 0 Å². The fourth-order valence-electron chi connectivity index (χ4n) is 2.54. The van der Waals surface area contributed by atoms with E-state index in [4.69, 9.17) is 0 Å². The Morgan fingerprint density at radius 2 is 2.05 bits per heavy atom. The molecular formula is C15H18BrNO2. The Hall–Kier alpha value is -1.16. The molecule has 102 valence electrons. The smallest absolute Gasteiger partial charge is 0.223 e. The van der Waals surface area contributed by atoms with Gasteiger partial charge < -0.3 is 4.90 Å². The van der Waals surface area contributed by atoms with E-state index < -0.39 is 0 Å². The van der Waals surface area contributed by atoms with Gasteiger partial charge >= 0.3 is 0 Å². The lowest BCUT2D eigenvalue weighted by atomic mass is 9.77. The van der Waals surface area contributed by atoms with Crippen molar-refractivity contribution < 1.29 is 9.59 Å². The van der Waals surface area contributed by atoms with Crippen molar-refractivity contribution in [3.63, 3.8) is 0 Å². The molecule has 0 aliphatic carbocycles. The van der Waals surface area contributed by atoms with Gasteiger partial charge in [-0.25, -0.2) is 0 Å². The van der Waals surface area contributed by atoms with Gasteiger partial charge in [0.1, 0.15) is 0 Å². The van der Waals surface area contributed by atoms with Crippen molar-refractivity contribution in [3.05, 3.63) is 29.3 Å². The molecule has 1 aromatic rings. The molecule has 4 heteroatoms. The quantitative estimate of drug-likeness (QED) is 0.618. The van der Waals surface area contributed by atoms with Crippen molar-refractivity contribution in [2.24, 2.45) is 0 Å². The van der Waals surface area contributed by atoms with Gasteiger partial charge in [0.15, 0.2) is 5.78 Å². The van der Waals surface area contributed by atoms with Crippen LogP contribution in [0.2, 0.25) is 0 Å². The summed E-state index contributed by atoms with van der Waals surface area (Å²) in [4.78, 5) is 25.3. The molecule has 2 rings (SSSR count). The van der Waals surface area contributed by atoms with Crippen LogP contribution in [-0.2, 0) is 10.2 Å². The number of fused-ring (bicyclic) bond motifs is 1. The molecule has 0 unspecified atom stereocenters. The normalized spacial score (nSPS) is 16.9. The van der Waals surface area contributed by atoms with E-state index in [1.807, 2.05) is 12.1 Å². The number of carbonyl (C=O) groups is 2. The van der Waals surface area contributed by atoms with Gasteiger partial charge in [-0.3, -0.25) is 9.59 Å². The van der Waals surface area contributed by atoms with E-state index in [9.17, 15) is 9.59 Å². The van der Waals surface area contributed by atoms with Crippen LogP contribution < -0.4 is 4.90 Å². The Labute approximate surface area is 122 Å². The number of hydrogen-bond acceptors (Lipinski definition) is 2. The molecule has 0 atom stereocenters. The minimum atomic E-state index is -0.0100. The second-order valence-electron chi connectivity index (χ2n) is 5.59. The highest BCUT2D eigenvalue weighted by Gasteiger charge is 2.33. The lowest BCUT2D eigenvalue weighted by Gasteiger charge is -2.39. The summed E-state index contributed by atoms with van der Waals surface area (Å²) in [5.74, 6) is 0.120. The first-order valence-corrected chi connectivity index (χ1v) is 7.51. The van der Waals surface area contributed by atoms with Gasteiger partial charge in [0.2, 0.25) is 5.91 Å². The number of hydrogen-bond donors (Lipinski definition) is 0. The summed E-state index contributed by atoms with van der Waals surface area (Å²) < 4.78 is 0. The lowest BCUT2D eigenvalue weighted by Crippen LogP contribution is -2.40. The zero-order valence-corrected chi connectivity index (χ0v) is 13.1. The third kappa shape index (κ3) is 2.59. The number of amides is 1. The van der Waals surface area contributed by atoms with Crippen LogP contribution in [0, 0.1) is 0 Å². The number of anilines is 1. The monoisotopic (exact) mass is 323 g/mol. The molecule has 3 nitrogen and oxygen atoms in total. The van der Waals surface area contributed by atoms with Crippen LogP contribution >= 0.6 is 15.9 Å². The third-order valence-corrected chi connectivity index (χ3v) is 4.31. The third-order valence-electron chi connectivity index (χ3n) is 3.80. The van der Waals surface area contributed by atoms with Crippen LogP contribution in [0.4, 0.5) is 5.69 Å². The lowest BCUT2D eigenvalue weighted by molar-refractivity contribution is -0.116. The van der Waals surface area contributed by atoms with Crippen LogP contribution in [0.3, 0.4) is 0 Å². The van der Waals surface area contributed by atoms with E-state index in [0.717, 1.165) is 24.2 Å². The largest absolute Gasteiger partial charge is 0.312 e. The summed E-state index contributed by atoms with van der Waals surface area (Å²) in [6.45, 7) is 6.64. The van der Waals surface area contributed by atoms with Crippen LogP contribution in [0.15, 0.2) is 18.2 Å². The molecular weight excluding hydrogens is 306 g/mol. The zero-order valence-electron chi connectivity index (χ0n) is 11.5. The molecule has 0 aromatic heterocycles. The van der Waals surface area contributed by atoms with Crippen molar-refractivity contribution in [3.8, 4) is 0 Å². The summed E-state index contributed by atoms with van der Waals surface area (Å²) in [7, 11) is 0. The second kappa shape index (κ2) is 5.08. The average Bonchev–Trinajstić information content (AvgIpc) is 2.37. The molecule has 0 fully saturated rings. The van der Waals surface area contributed by atoms with Crippen molar-refractivity contribution in [2.45, 2.75) is 32.6 Å². The summed E-state index contributed by atoms with van der Waals surface area (Å²) in [5, 5.41) is 0.322. The Morgan fingerprint density at radius 1 is 1.37 bits per heavy atom. The molecule has 0 bridgehead atoms. The Balaban J connectivity index is 2.55. The highest BCUT2D eigenvalue weighted by atomic mass is 79.9. The van der Waals surface area contributed by atoms with Gasteiger partial charge in [-0.2, -0.15) is 0 Å². The molecule has 0 saturated carbocycles. The summed E-state index contributed by atoms with van der Waals surface area (Å²) >= 11 is 3.20. The van der Waals surface area contributed by atoms with E-state index >= 15 is 0 Å². The van der Waals surface area contributed by atoms with Gasteiger partial charge in [0, 0.05) is 24.7 Å². The molecule has 19 heavy (non-hydrogen) atoms. The van der Waals surface area contributed by atoms with Gasteiger partial charge in [-0.05, 0) is 35.6 Å². The Kier molecular flexibility index (Phi) is 3.81. The second-order valence-corrected chi connectivity index (χ2v) is 6.15. The first kappa shape index (κ1) is 14.3. The van der Waals surface area contributed by atoms with Gasteiger partial charge in [0.05, 0.1) is 5.33 Å². The zero-order chi connectivity index (χ0) is 14.2. The molecule has 0 radical (unpaired) electrons. The van der Waals surface area contributed by atoms with Crippen molar-refractivity contribution >= 4 is 33.3 Å². The Morgan fingerprint density at radius 3 is 2.63 bits per heavy atom. The predicted octanol–water partition coefficient (Wildman–Crippen LogP) is 3.30. The fourth-order valence-corrected chi connectivity index (χ4v) is 2.86. The number of benzene rings is 1. The minimum Gasteiger partial charge on any atom is -0.312 e. The molecule has 1 amide bonds. The number of Topliss-reactive ketones (excluding diaryl/α,β-unsaturated/α-hetero) is 1. The molecule has 1 aromatic carbocycles. The number of halogens is 1. The molecule has 0 spiro atoms. The van der Waals surface area contributed by atoms with Gasteiger partial charge in [0.25, 0.3) is 0 Å². The van der Waals surface area contributed by atoms with E-state index in [2.05, 4.69) is 29.8 Å². The van der Waals surface area contributed by atoms with Crippen molar-refractivity contribution in [1.82, 2.24) is 0 Å². The molecule has 0 saturated heterocycles. The maximum atomic E-state index is 11.8. The standard InChI is InChI=1S/C15H18BrNO2/c1-10(18)17-7-6-15(2,3)12-8-11(14(19)9-16)4-5-13(12)17/h4-5,8H,6-7,9H2,1-3H3. The average molecular weight is 324 g/mol. The van der Waals surface area contributed by atoms with Crippen LogP contribution in [0.1, 0.15) is 43.1 Å². The maximum Gasteiger partial charge on any atom is 0.223 e. The van der Waals surface area contributed by atoms with E-state index in [1.54, 1.807) is 17.9 Å². The molecule has 1 aliphatic rings. The number of carbonyl (C=O) groups excluding carboxylic acids is 2. The predicted molar refractivity (Wildman–Crippen MR) is 80.2 cm³/mol. The van der Waals surface area contributed by atoms with E-state index in [0.29, 0.717) is 10.9 Å². The summed E-state index contributed by atoms with van der Waals surface area (Å²) in [6, 6.07) is 5.64. The van der Waals surface area contributed by atoms with Gasteiger partial charge in [-0.1, -0.05) is 29.8 Å². The fraction of sp³-hybridized carbons (Fsp3) is 0.467. The summed E-state index contributed by atoms with van der Waals surface area (Å²) in [5.41, 5.74) is 2.72. The minimum absolute atomic E-state index is 0.0100. The SMILES string of the molecule is CC(=O)N1CCC(C)(C)c2cc(C(=O)CBr)ccc21. The van der Waals surface area contributed by atoms with Crippen molar-refractivity contribution in [1.29, 1.82) is 0 Å². The van der Waals surface area contributed by atoms with Crippen LogP contribution in [0.25, 0.3) is 0 Å². The van der Waals surface area contributed by atoms with Crippen molar-refractivity contribution in [2.75, 3.05) is 16.8 Å².